The first-order valence-electron chi connectivity index (χ1n) is 12.7. The Bertz CT molecular complexity index is 998. The molecular formula is C30H35N3O. The van der Waals surface area contributed by atoms with Crippen LogP contribution in [0.15, 0.2) is 84.9 Å². The van der Waals surface area contributed by atoms with Gasteiger partial charge in [-0.05, 0) is 54.8 Å². The third kappa shape index (κ3) is 5.40. The Morgan fingerprint density at radius 2 is 1.21 bits per heavy atom. The van der Waals surface area contributed by atoms with Gasteiger partial charge in [0.05, 0.1) is 6.04 Å². The second kappa shape index (κ2) is 11.0. The molecule has 4 nitrogen and oxygen atoms in total. The Kier molecular flexibility index (Phi) is 7.37. The number of hydrogen-bond acceptors (Lipinski definition) is 3. The van der Waals surface area contributed by atoms with Gasteiger partial charge in [0, 0.05) is 38.3 Å². The monoisotopic (exact) mass is 453 g/mol. The Hall–Kier alpha value is -2.95. The molecule has 0 bridgehead atoms. The Labute approximate surface area is 203 Å². The molecule has 0 radical (unpaired) electrons. The second-order valence-corrected chi connectivity index (χ2v) is 9.59. The van der Waals surface area contributed by atoms with Gasteiger partial charge in [0.2, 0.25) is 0 Å². The lowest BCUT2D eigenvalue weighted by Gasteiger charge is -2.39. The van der Waals surface area contributed by atoms with Crippen LogP contribution in [0.3, 0.4) is 0 Å². The van der Waals surface area contributed by atoms with Gasteiger partial charge in [-0.1, -0.05) is 79.2 Å². The molecule has 4 heteroatoms. The molecule has 0 aromatic heterocycles. The predicted molar refractivity (Wildman–Crippen MR) is 138 cm³/mol. The van der Waals surface area contributed by atoms with E-state index >= 15 is 0 Å². The molecule has 176 valence electrons. The van der Waals surface area contributed by atoms with Crippen molar-refractivity contribution in [3.63, 3.8) is 0 Å². The maximum absolute atomic E-state index is 13.2. The molecule has 0 N–H and O–H groups in total. The highest BCUT2D eigenvalue weighted by Crippen LogP contribution is 2.29. The van der Waals surface area contributed by atoms with Crippen molar-refractivity contribution in [3.8, 4) is 0 Å². The largest absolute Gasteiger partial charge is 0.336 e. The molecule has 0 aliphatic carbocycles. The lowest BCUT2D eigenvalue weighted by atomic mass is 9.96. The Balaban J connectivity index is 1.22. The van der Waals surface area contributed by atoms with Crippen LogP contribution in [0.2, 0.25) is 0 Å². The SMILES string of the molecule is O=C(c1ccc(CN2CCCCC2)cc1)N1CCN(C(c2ccccc2)c2ccccc2)CC1. The average Bonchev–Trinajstić information content (AvgIpc) is 2.91. The smallest absolute Gasteiger partial charge is 0.253 e. The second-order valence-electron chi connectivity index (χ2n) is 9.59. The number of amides is 1. The Morgan fingerprint density at radius 1 is 0.647 bits per heavy atom. The fourth-order valence-electron chi connectivity index (χ4n) is 5.38. The van der Waals surface area contributed by atoms with E-state index in [4.69, 9.17) is 0 Å². The number of piperazine rings is 1. The molecule has 3 aromatic carbocycles. The van der Waals surface area contributed by atoms with Gasteiger partial charge in [0.15, 0.2) is 0 Å². The molecular weight excluding hydrogens is 418 g/mol. The summed E-state index contributed by atoms with van der Waals surface area (Å²) in [6, 6.07) is 29.9. The molecule has 2 aliphatic heterocycles. The van der Waals surface area contributed by atoms with Crippen LogP contribution in [0, 0.1) is 0 Å². The number of carbonyl (C=O) groups excluding carboxylic acids is 1. The van der Waals surface area contributed by atoms with E-state index in [1.807, 2.05) is 17.0 Å². The molecule has 0 saturated carbocycles. The van der Waals surface area contributed by atoms with E-state index in [2.05, 4.69) is 82.6 Å². The summed E-state index contributed by atoms with van der Waals surface area (Å²) in [5.41, 5.74) is 4.71. The minimum absolute atomic E-state index is 0.153. The Morgan fingerprint density at radius 3 is 1.76 bits per heavy atom. The van der Waals surface area contributed by atoms with Gasteiger partial charge in [-0.3, -0.25) is 14.6 Å². The van der Waals surface area contributed by atoms with Crippen LogP contribution >= 0.6 is 0 Å². The summed E-state index contributed by atoms with van der Waals surface area (Å²) < 4.78 is 0. The summed E-state index contributed by atoms with van der Waals surface area (Å²) in [6.07, 6.45) is 3.96. The van der Waals surface area contributed by atoms with Gasteiger partial charge in [-0.25, -0.2) is 0 Å². The number of rotatable bonds is 6. The van der Waals surface area contributed by atoms with E-state index < -0.39 is 0 Å². The molecule has 0 unspecified atom stereocenters. The predicted octanol–water partition coefficient (Wildman–Crippen LogP) is 5.22. The molecule has 2 fully saturated rings. The molecule has 2 saturated heterocycles. The van der Waals surface area contributed by atoms with Gasteiger partial charge in [-0.2, -0.15) is 0 Å². The molecule has 5 rings (SSSR count). The topological polar surface area (TPSA) is 26.8 Å². The van der Waals surface area contributed by atoms with E-state index in [1.165, 1.54) is 49.0 Å². The molecule has 34 heavy (non-hydrogen) atoms. The maximum atomic E-state index is 13.2. The van der Waals surface area contributed by atoms with Crippen molar-refractivity contribution in [3.05, 3.63) is 107 Å². The standard InChI is InChI=1S/C30H35N3O/c34-30(28-16-14-25(15-17-28)24-31-18-8-3-9-19-31)33-22-20-32(21-23-33)29(26-10-4-1-5-11-26)27-12-6-2-7-13-27/h1-2,4-7,10-17,29H,3,8-9,18-24H2. The van der Waals surface area contributed by atoms with Crippen LogP contribution < -0.4 is 0 Å². The maximum Gasteiger partial charge on any atom is 0.253 e. The summed E-state index contributed by atoms with van der Waals surface area (Å²) in [6.45, 7) is 6.62. The normalized spacial score (nSPS) is 17.7. The zero-order chi connectivity index (χ0) is 23.2. The van der Waals surface area contributed by atoms with Gasteiger partial charge >= 0.3 is 0 Å². The van der Waals surface area contributed by atoms with Crippen molar-refractivity contribution in [2.75, 3.05) is 39.3 Å². The number of hydrogen-bond donors (Lipinski definition) is 0. The molecule has 2 aliphatic rings. The highest BCUT2D eigenvalue weighted by molar-refractivity contribution is 5.94. The summed E-state index contributed by atoms with van der Waals surface area (Å²) in [5, 5.41) is 0. The number of nitrogens with zero attached hydrogens (tertiary/aromatic N) is 3. The minimum Gasteiger partial charge on any atom is -0.336 e. The van der Waals surface area contributed by atoms with Crippen molar-refractivity contribution in [2.45, 2.75) is 31.8 Å². The molecule has 0 spiro atoms. The number of piperidine rings is 1. The first-order valence-corrected chi connectivity index (χ1v) is 12.7. The van der Waals surface area contributed by atoms with Gasteiger partial charge < -0.3 is 4.90 Å². The fraction of sp³-hybridized carbons (Fsp3) is 0.367. The molecule has 0 atom stereocenters. The van der Waals surface area contributed by atoms with Crippen molar-refractivity contribution in [1.82, 2.24) is 14.7 Å². The molecule has 2 heterocycles. The first-order chi connectivity index (χ1) is 16.8. The van der Waals surface area contributed by atoms with Gasteiger partial charge in [0.1, 0.15) is 0 Å². The number of benzene rings is 3. The van der Waals surface area contributed by atoms with Gasteiger partial charge in [0.25, 0.3) is 5.91 Å². The summed E-state index contributed by atoms with van der Waals surface area (Å²) >= 11 is 0. The van der Waals surface area contributed by atoms with Crippen molar-refractivity contribution < 1.29 is 4.79 Å². The number of carbonyl (C=O) groups is 1. The molecule has 3 aromatic rings. The summed E-state index contributed by atoms with van der Waals surface area (Å²) in [5.74, 6) is 0.153. The third-order valence-electron chi connectivity index (χ3n) is 7.25. The van der Waals surface area contributed by atoms with E-state index in [0.29, 0.717) is 0 Å². The summed E-state index contributed by atoms with van der Waals surface area (Å²) in [4.78, 5) is 20.3. The lowest BCUT2D eigenvalue weighted by Crippen LogP contribution is -2.49. The van der Waals surface area contributed by atoms with Crippen molar-refractivity contribution >= 4 is 5.91 Å². The first kappa shape index (κ1) is 22.8. The van der Waals surface area contributed by atoms with Crippen LogP contribution in [-0.4, -0.2) is 59.9 Å². The quantitative estimate of drug-likeness (QED) is 0.512. The zero-order valence-corrected chi connectivity index (χ0v) is 20.0. The van der Waals surface area contributed by atoms with E-state index in [9.17, 15) is 4.79 Å². The molecule has 1 amide bonds. The fourth-order valence-corrected chi connectivity index (χ4v) is 5.38. The zero-order valence-electron chi connectivity index (χ0n) is 20.0. The van der Waals surface area contributed by atoms with Crippen LogP contribution in [0.5, 0.6) is 0 Å². The third-order valence-corrected chi connectivity index (χ3v) is 7.25. The van der Waals surface area contributed by atoms with E-state index in [0.717, 1.165) is 38.3 Å². The van der Waals surface area contributed by atoms with Gasteiger partial charge in [-0.15, -0.1) is 0 Å². The average molecular weight is 454 g/mol. The number of likely N-dealkylation sites (tertiary alicyclic amines) is 1. The van der Waals surface area contributed by atoms with Crippen LogP contribution in [-0.2, 0) is 6.54 Å². The van der Waals surface area contributed by atoms with Crippen LogP contribution in [0.1, 0.15) is 52.4 Å². The van der Waals surface area contributed by atoms with E-state index in [1.54, 1.807) is 0 Å². The highest BCUT2D eigenvalue weighted by Gasteiger charge is 2.28. The van der Waals surface area contributed by atoms with Crippen LogP contribution in [0.25, 0.3) is 0 Å². The highest BCUT2D eigenvalue weighted by atomic mass is 16.2. The minimum atomic E-state index is 0.153. The van der Waals surface area contributed by atoms with Crippen molar-refractivity contribution in [1.29, 1.82) is 0 Å². The van der Waals surface area contributed by atoms with Crippen LogP contribution in [0.4, 0.5) is 0 Å². The van der Waals surface area contributed by atoms with Crippen molar-refractivity contribution in [2.24, 2.45) is 0 Å². The summed E-state index contributed by atoms with van der Waals surface area (Å²) in [7, 11) is 0. The lowest BCUT2D eigenvalue weighted by molar-refractivity contribution is 0.0597. The van der Waals surface area contributed by atoms with E-state index in [-0.39, 0.29) is 11.9 Å².